The first kappa shape index (κ1) is 22.6. The predicted octanol–water partition coefficient (Wildman–Crippen LogP) is 7.69. The Hall–Kier alpha value is -3.56. The van der Waals surface area contributed by atoms with Crippen molar-refractivity contribution in [1.82, 2.24) is 0 Å². The third-order valence-electron chi connectivity index (χ3n) is 5.81. The minimum absolute atomic E-state index is 0.117. The fourth-order valence-corrected chi connectivity index (χ4v) is 3.42. The van der Waals surface area contributed by atoms with Gasteiger partial charge >= 0.3 is 0 Å². The molecule has 3 aromatic rings. The van der Waals surface area contributed by atoms with E-state index in [-0.39, 0.29) is 6.10 Å². The topological polar surface area (TPSA) is 27.7 Å². The Bertz CT molecular complexity index is 1200. The second-order valence-electron chi connectivity index (χ2n) is 8.43. The van der Waals surface area contributed by atoms with Crippen LogP contribution in [-0.4, -0.2) is 6.10 Å². The highest BCUT2D eigenvalue weighted by molar-refractivity contribution is 5.39. The fraction of sp³-hybridized carbons (Fsp3) is 0.200. The molecule has 1 aliphatic rings. The lowest BCUT2D eigenvalue weighted by Gasteiger charge is -2.11. The van der Waals surface area contributed by atoms with Gasteiger partial charge in [0.2, 0.25) is 0 Å². The van der Waals surface area contributed by atoms with Crippen molar-refractivity contribution in [2.75, 3.05) is 0 Å². The maximum absolute atomic E-state index is 6.07. The van der Waals surface area contributed by atoms with Crippen LogP contribution in [0.15, 0.2) is 96.8 Å². The first-order chi connectivity index (χ1) is 16.0. The summed E-state index contributed by atoms with van der Waals surface area (Å²) in [5.41, 5.74) is 6.04. The van der Waals surface area contributed by atoms with Crippen LogP contribution in [0.4, 0.5) is 0 Å². The molecular weight excluding hydrogens is 408 g/mol. The maximum atomic E-state index is 6.07. The number of rotatable bonds is 7. The largest absolute Gasteiger partial charge is 0.457 e. The Morgan fingerprint density at radius 1 is 0.636 bits per heavy atom. The average molecular weight is 439 g/mol. The van der Waals surface area contributed by atoms with Crippen molar-refractivity contribution in [2.45, 2.75) is 40.4 Å². The molecule has 33 heavy (non-hydrogen) atoms. The molecule has 3 nitrogen and oxygen atoms in total. The zero-order chi connectivity index (χ0) is 23.2. The van der Waals surface area contributed by atoms with Gasteiger partial charge < -0.3 is 14.2 Å². The summed E-state index contributed by atoms with van der Waals surface area (Å²) in [7, 11) is 0. The van der Waals surface area contributed by atoms with E-state index in [9.17, 15) is 0 Å². The average Bonchev–Trinajstić information content (AvgIpc) is 3.03. The third-order valence-corrected chi connectivity index (χ3v) is 5.81. The number of benzene rings is 3. The van der Waals surface area contributed by atoms with Crippen molar-refractivity contribution in [3.05, 3.63) is 125 Å². The summed E-state index contributed by atoms with van der Waals surface area (Å²) in [6.07, 6.45) is 9.79. The summed E-state index contributed by atoms with van der Waals surface area (Å²) in [5, 5.41) is 0. The molecule has 0 aliphatic heterocycles. The van der Waals surface area contributed by atoms with Crippen LogP contribution in [0.1, 0.15) is 27.8 Å². The monoisotopic (exact) mass is 438 g/mol. The van der Waals surface area contributed by atoms with Crippen LogP contribution < -0.4 is 9.47 Å². The summed E-state index contributed by atoms with van der Waals surface area (Å²) < 4.78 is 18.0. The number of hydrogen-bond acceptors (Lipinski definition) is 3. The van der Waals surface area contributed by atoms with Crippen molar-refractivity contribution in [1.29, 1.82) is 0 Å². The Balaban J connectivity index is 1.29. The lowest BCUT2D eigenvalue weighted by Crippen LogP contribution is -2.06. The van der Waals surface area contributed by atoms with E-state index in [0.29, 0.717) is 6.61 Å². The Morgan fingerprint density at radius 2 is 1.24 bits per heavy atom. The van der Waals surface area contributed by atoms with Crippen LogP contribution in [0.3, 0.4) is 0 Å². The van der Waals surface area contributed by atoms with E-state index in [1.807, 2.05) is 66.8 Å². The molecule has 0 fully saturated rings. The van der Waals surface area contributed by atoms with Crippen LogP contribution in [0.25, 0.3) is 0 Å². The quantitative estimate of drug-likeness (QED) is 0.378. The van der Waals surface area contributed by atoms with E-state index in [2.05, 4.69) is 52.0 Å². The SMILES string of the molecule is Cc1ccc(OC2=CC=CC(OCc3ccc(Oc4ccc(C)c(C)c4)cc3)C=C2)cc1C. The molecule has 0 spiro atoms. The number of aryl methyl sites for hydroxylation is 4. The standard InChI is InChI=1S/C30H30O3/c1-21-8-12-29(18-23(21)3)32-27-7-5-6-26(16-17-27)31-20-25-10-14-28(15-11-25)33-30-13-9-22(2)24(4)19-30/h5-19,26H,20H2,1-4H3. The van der Waals surface area contributed by atoms with Gasteiger partial charge in [-0.1, -0.05) is 36.4 Å². The van der Waals surface area contributed by atoms with E-state index >= 15 is 0 Å². The van der Waals surface area contributed by atoms with E-state index in [0.717, 1.165) is 28.6 Å². The lowest BCUT2D eigenvalue weighted by molar-refractivity contribution is 0.102. The Labute approximate surface area is 196 Å². The van der Waals surface area contributed by atoms with Gasteiger partial charge in [0.25, 0.3) is 0 Å². The molecule has 4 rings (SSSR count). The van der Waals surface area contributed by atoms with Gasteiger partial charge in [0.05, 0.1) is 12.7 Å². The van der Waals surface area contributed by atoms with Crippen LogP contribution >= 0.6 is 0 Å². The summed E-state index contributed by atoms with van der Waals surface area (Å²) >= 11 is 0. The molecule has 3 heteroatoms. The van der Waals surface area contributed by atoms with Gasteiger partial charge in [0, 0.05) is 0 Å². The van der Waals surface area contributed by atoms with Gasteiger partial charge in [-0.05, 0) is 110 Å². The molecule has 0 N–H and O–H groups in total. The van der Waals surface area contributed by atoms with Gasteiger partial charge in [-0.3, -0.25) is 0 Å². The lowest BCUT2D eigenvalue weighted by atomic mass is 10.1. The highest BCUT2D eigenvalue weighted by Gasteiger charge is 2.07. The molecule has 0 bridgehead atoms. The summed E-state index contributed by atoms with van der Waals surface area (Å²) in [6, 6.07) is 20.3. The number of allylic oxidation sites excluding steroid dienone is 3. The van der Waals surface area contributed by atoms with E-state index in [1.54, 1.807) is 0 Å². The normalized spacial score (nSPS) is 15.2. The molecule has 3 aromatic carbocycles. The maximum Gasteiger partial charge on any atom is 0.127 e. The third kappa shape index (κ3) is 6.24. The predicted molar refractivity (Wildman–Crippen MR) is 134 cm³/mol. The van der Waals surface area contributed by atoms with Gasteiger partial charge in [0.1, 0.15) is 23.0 Å². The molecule has 0 radical (unpaired) electrons. The smallest absolute Gasteiger partial charge is 0.127 e. The zero-order valence-corrected chi connectivity index (χ0v) is 19.7. The van der Waals surface area contributed by atoms with E-state index < -0.39 is 0 Å². The summed E-state index contributed by atoms with van der Waals surface area (Å²) in [6.45, 7) is 8.89. The van der Waals surface area contributed by atoms with Gasteiger partial charge in [0.15, 0.2) is 0 Å². The summed E-state index contributed by atoms with van der Waals surface area (Å²) in [4.78, 5) is 0. The first-order valence-corrected chi connectivity index (χ1v) is 11.2. The Kier molecular flexibility index (Phi) is 7.11. The van der Waals surface area contributed by atoms with E-state index in [1.165, 1.54) is 22.3 Å². The molecular formula is C30H30O3. The van der Waals surface area contributed by atoms with Crippen molar-refractivity contribution in [3.63, 3.8) is 0 Å². The summed E-state index contributed by atoms with van der Waals surface area (Å²) in [5.74, 6) is 3.29. The molecule has 168 valence electrons. The molecule has 1 aliphatic carbocycles. The van der Waals surface area contributed by atoms with Crippen molar-refractivity contribution in [3.8, 4) is 17.2 Å². The fourth-order valence-electron chi connectivity index (χ4n) is 3.42. The number of ether oxygens (including phenoxy) is 3. The van der Waals surface area contributed by atoms with Crippen LogP contribution in [0, 0.1) is 27.7 Å². The van der Waals surface area contributed by atoms with Gasteiger partial charge in [-0.15, -0.1) is 0 Å². The second-order valence-corrected chi connectivity index (χ2v) is 8.43. The van der Waals surface area contributed by atoms with Crippen LogP contribution in [-0.2, 0) is 11.3 Å². The van der Waals surface area contributed by atoms with E-state index in [4.69, 9.17) is 14.2 Å². The molecule has 1 unspecified atom stereocenters. The molecule has 0 saturated carbocycles. The second kappa shape index (κ2) is 10.4. The molecule has 1 atom stereocenters. The van der Waals surface area contributed by atoms with Crippen molar-refractivity contribution >= 4 is 0 Å². The minimum atomic E-state index is -0.117. The molecule has 0 heterocycles. The van der Waals surface area contributed by atoms with Crippen LogP contribution in [0.2, 0.25) is 0 Å². The van der Waals surface area contributed by atoms with Crippen molar-refractivity contribution in [2.24, 2.45) is 0 Å². The number of hydrogen-bond donors (Lipinski definition) is 0. The molecule has 0 saturated heterocycles. The first-order valence-electron chi connectivity index (χ1n) is 11.2. The molecule has 0 aromatic heterocycles. The van der Waals surface area contributed by atoms with Gasteiger partial charge in [-0.2, -0.15) is 0 Å². The highest BCUT2D eigenvalue weighted by Crippen LogP contribution is 2.25. The Morgan fingerprint density at radius 3 is 1.88 bits per heavy atom. The zero-order valence-electron chi connectivity index (χ0n) is 19.7. The van der Waals surface area contributed by atoms with Crippen molar-refractivity contribution < 1.29 is 14.2 Å². The minimum Gasteiger partial charge on any atom is -0.457 e. The highest BCUT2D eigenvalue weighted by atomic mass is 16.5. The van der Waals surface area contributed by atoms with Crippen LogP contribution in [0.5, 0.6) is 17.2 Å². The van der Waals surface area contributed by atoms with Gasteiger partial charge in [-0.25, -0.2) is 0 Å². The molecule has 0 amide bonds.